The molecule has 1 aliphatic carbocycles. The minimum Gasteiger partial charge on any atom is -0.494 e. The van der Waals surface area contributed by atoms with Crippen molar-refractivity contribution in [3.8, 4) is 5.75 Å². The van der Waals surface area contributed by atoms with Gasteiger partial charge in [-0.1, -0.05) is 18.2 Å². The molecule has 1 aliphatic rings. The highest BCUT2D eigenvalue weighted by molar-refractivity contribution is 5.83. The molecule has 138 valence electrons. The van der Waals surface area contributed by atoms with E-state index in [1.165, 1.54) is 25.3 Å². The zero-order valence-electron chi connectivity index (χ0n) is 14.8. The summed E-state index contributed by atoms with van der Waals surface area (Å²) in [5, 5.41) is 2.99. The van der Waals surface area contributed by atoms with E-state index in [4.69, 9.17) is 4.74 Å². The second kappa shape index (κ2) is 7.83. The van der Waals surface area contributed by atoms with Crippen molar-refractivity contribution in [1.29, 1.82) is 0 Å². The number of amides is 1. The summed E-state index contributed by atoms with van der Waals surface area (Å²) in [6.45, 7) is 0.362. The van der Waals surface area contributed by atoms with E-state index in [1.807, 2.05) is 4.90 Å². The average Bonchev–Trinajstić information content (AvgIpc) is 3.41. The maximum absolute atomic E-state index is 13.9. The summed E-state index contributed by atoms with van der Waals surface area (Å²) < 4.78 is 32.1. The monoisotopic (exact) mass is 360 g/mol. The summed E-state index contributed by atoms with van der Waals surface area (Å²) in [5.74, 6) is -0.748. The van der Waals surface area contributed by atoms with Crippen LogP contribution in [0.3, 0.4) is 0 Å². The van der Waals surface area contributed by atoms with Crippen LogP contribution in [0.4, 0.5) is 8.78 Å². The smallest absolute Gasteiger partial charge is 0.242 e. The first-order chi connectivity index (χ1) is 12.5. The lowest BCUT2D eigenvalue weighted by Gasteiger charge is -2.28. The van der Waals surface area contributed by atoms with Gasteiger partial charge in [0.2, 0.25) is 5.91 Å². The van der Waals surface area contributed by atoms with Crippen LogP contribution >= 0.6 is 0 Å². The van der Waals surface area contributed by atoms with Gasteiger partial charge in [-0.15, -0.1) is 0 Å². The predicted molar refractivity (Wildman–Crippen MR) is 94.7 cm³/mol. The summed E-state index contributed by atoms with van der Waals surface area (Å²) in [6, 6.07) is 10.3. The van der Waals surface area contributed by atoms with Gasteiger partial charge in [-0.2, -0.15) is 0 Å². The minimum atomic E-state index is -0.582. The summed E-state index contributed by atoms with van der Waals surface area (Å²) in [4.78, 5) is 14.6. The van der Waals surface area contributed by atoms with Crippen molar-refractivity contribution in [3.63, 3.8) is 0 Å². The highest BCUT2D eigenvalue weighted by Crippen LogP contribution is 2.26. The largest absolute Gasteiger partial charge is 0.494 e. The Kier molecular flexibility index (Phi) is 5.52. The number of halogens is 2. The number of nitrogens with zero attached hydrogens (tertiary/aromatic N) is 1. The second-order valence-corrected chi connectivity index (χ2v) is 6.62. The number of nitrogens with one attached hydrogen (secondary N) is 1. The Morgan fingerprint density at radius 2 is 1.92 bits per heavy atom. The zero-order valence-corrected chi connectivity index (χ0v) is 14.8. The van der Waals surface area contributed by atoms with Crippen molar-refractivity contribution in [1.82, 2.24) is 10.2 Å². The van der Waals surface area contributed by atoms with Gasteiger partial charge >= 0.3 is 0 Å². The number of hydrogen-bond donors (Lipinski definition) is 1. The predicted octanol–water partition coefficient (Wildman–Crippen LogP) is 3.43. The average molecular weight is 360 g/mol. The fourth-order valence-electron chi connectivity index (χ4n) is 2.95. The van der Waals surface area contributed by atoms with E-state index in [0.29, 0.717) is 12.1 Å². The van der Waals surface area contributed by atoms with Crippen molar-refractivity contribution in [2.24, 2.45) is 0 Å². The van der Waals surface area contributed by atoms with Gasteiger partial charge in [-0.05, 0) is 55.3 Å². The topological polar surface area (TPSA) is 41.6 Å². The molecule has 1 amide bonds. The first-order valence-corrected chi connectivity index (χ1v) is 8.56. The number of carbonyl (C=O) groups excluding carboxylic acids is 1. The number of methoxy groups -OCH3 is 1. The molecule has 3 rings (SSSR count). The Bertz CT molecular complexity index is 776. The fraction of sp³-hybridized carbons (Fsp3) is 0.350. The van der Waals surface area contributed by atoms with Gasteiger partial charge in [0.05, 0.1) is 7.11 Å². The molecule has 2 aromatic rings. The van der Waals surface area contributed by atoms with Crippen molar-refractivity contribution < 1.29 is 18.3 Å². The van der Waals surface area contributed by atoms with Gasteiger partial charge in [0.1, 0.15) is 11.9 Å². The molecule has 1 atom stereocenters. The molecule has 26 heavy (non-hydrogen) atoms. The normalized spacial score (nSPS) is 15.0. The third-order valence-electron chi connectivity index (χ3n) is 4.45. The highest BCUT2D eigenvalue weighted by atomic mass is 19.1. The van der Waals surface area contributed by atoms with Crippen LogP contribution in [0.25, 0.3) is 0 Å². The van der Waals surface area contributed by atoms with Crippen LogP contribution in [0.15, 0.2) is 42.5 Å². The number of ether oxygens (including phenoxy) is 1. The van der Waals surface area contributed by atoms with Crippen molar-refractivity contribution in [3.05, 3.63) is 65.2 Å². The van der Waals surface area contributed by atoms with Gasteiger partial charge in [-0.25, -0.2) is 8.78 Å². The molecular formula is C20H22F2N2O2. The summed E-state index contributed by atoms with van der Waals surface area (Å²) in [6.07, 6.45) is 1.96. The maximum Gasteiger partial charge on any atom is 0.242 e. The van der Waals surface area contributed by atoms with Gasteiger partial charge in [0.25, 0.3) is 0 Å². The number of rotatable bonds is 7. The van der Waals surface area contributed by atoms with Crippen molar-refractivity contribution in [2.75, 3.05) is 14.2 Å². The molecule has 1 unspecified atom stereocenters. The van der Waals surface area contributed by atoms with E-state index in [0.717, 1.165) is 18.4 Å². The Hall–Kier alpha value is -2.47. The van der Waals surface area contributed by atoms with E-state index < -0.39 is 11.9 Å². The van der Waals surface area contributed by atoms with Crippen LogP contribution in [0.5, 0.6) is 5.75 Å². The molecule has 1 saturated carbocycles. The molecule has 0 radical (unpaired) electrons. The van der Waals surface area contributed by atoms with E-state index in [-0.39, 0.29) is 23.5 Å². The lowest BCUT2D eigenvalue weighted by Crippen LogP contribution is -2.39. The third-order valence-corrected chi connectivity index (χ3v) is 4.45. The van der Waals surface area contributed by atoms with Gasteiger partial charge in [0.15, 0.2) is 11.6 Å². The number of hydrogen-bond acceptors (Lipinski definition) is 3. The lowest BCUT2D eigenvalue weighted by atomic mass is 10.0. The van der Waals surface area contributed by atoms with Gasteiger partial charge in [0, 0.05) is 12.6 Å². The molecule has 0 bridgehead atoms. The van der Waals surface area contributed by atoms with Crippen molar-refractivity contribution in [2.45, 2.75) is 31.5 Å². The summed E-state index contributed by atoms with van der Waals surface area (Å²) in [5.41, 5.74) is 1.41. The SMILES string of the molecule is COc1ccc(CN(C)C(C(=O)NC2CC2)c2ccc(F)cc2)cc1F. The molecule has 4 nitrogen and oxygen atoms in total. The molecule has 1 fully saturated rings. The lowest BCUT2D eigenvalue weighted by molar-refractivity contribution is -0.126. The Morgan fingerprint density at radius 1 is 1.23 bits per heavy atom. The number of likely N-dealkylation sites (N-methyl/N-ethyl adjacent to an activating group) is 1. The van der Waals surface area contributed by atoms with Gasteiger partial charge < -0.3 is 10.1 Å². The highest BCUT2D eigenvalue weighted by Gasteiger charge is 2.30. The third kappa shape index (κ3) is 4.38. The molecule has 0 aromatic heterocycles. The standard InChI is InChI=1S/C20H22F2N2O2/c1-24(12-13-3-10-18(26-2)17(22)11-13)19(20(25)23-16-8-9-16)14-4-6-15(21)7-5-14/h3-7,10-11,16,19H,8-9,12H2,1-2H3,(H,23,25). The number of carbonyl (C=O) groups is 1. The molecule has 2 aromatic carbocycles. The molecular weight excluding hydrogens is 338 g/mol. The number of benzene rings is 2. The first kappa shape index (κ1) is 18.3. The molecule has 0 saturated heterocycles. The Balaban J connectivity index is 1.81. The first-order valence-electron chi connectivity index (χ1n) is 8.56. The van der Waals surface area contributed by atoms with Gasteiger partial charge in [-0.3, -0.25) is 9.69 Å². The fourth-order valence-corrected chi connectivity index (χ4v) is 2.95. The minimum absolute atomic E-state index is 0.129. The molecule has 0 aliphatic heterocycles. The van der Waals surface area contributed by atoms with Crippen LogP contribution in [0.2, 0.25) is 0 Å². The quantitative estimate of drug-likeness (QED) is 0.823. The molecule has 6 heteroatoms. The maximum atomic E-state index is 13.9. The zero-order chi connectivity index (χ0) is 18.7. The Morgan fingerprint density at radius 3 is 2.50 bits per heavy atom. The summed E-state index contributed by atoms with van der Waals surface area (Å²) >= 11 is 0. The van der Waals surface area contributed by atoms with Crippen LogP contribution in [0, 0.1) is 11.6 Å². The van der Waals surface area contributed by atoms with E-state index in [9.17, 15) is 13.6 Å². The van der Waals surface area contributed by atoms with Crippen LogP contribution in [0.1, 0.15) is 30.0 Å². The summed E-state index contributed by atoms with van der Waals surface area (Å²) in [7, 11) is 3.21. The molecule has 1 N–H and O–H groups in total. The van der Waals surface area contributed by atoms with E-state index in [2.05, 4.69) is 5.32 Å². The van der Waals surface area contributed by atoms with E-state index in [1.54, 1.807) is 31.3 Å². The Labute approximate surface area is 151 Å². The van der Waals surface area contributed by atoms with Crippen LogP contribution < -0.4 is 10.1 Å². The van der Waals surface area contributed by atoms with Crippen LogP contribution in [-0.4, -0.2) is 31.0 Å². The second-order valence-electron chi connectivity index (χ2n) is 6.62. The van der Waals surface area contributed by atoms with Crippen molar-refractivity contribution >= 4 is 5.91 Å². The van der Waals surface area contributed by atoms with Crippen LogP contribution in [-0.2, 0) is 11.3 Å². The van der Waals surface area contributed by atoms with E-state index >= 15 is 0 Å². The molecule has 0 spiro atoms. The molecule has 0 heterocycles.